The molecule has 0 aromatic carbocycles. The molecule has 4 nitrogen and oxygen atoms in total. The number of nitrogens with zero attached hydrogens (tertiary/aromatic N) is 1. The first-order chi connectivity index (χ1) is 10.1. The molecule has 0 unspecified atom stereocenters. The van der Waals surface area contributed by atoms with Gasteiger partial charge in [0.1, 0.15) is 4.21 Å². The Balaban J connectivity index is 2.05. The molecule has 1 aliphatic rings. The Bertz CT molecular complexity index is 536. The number of sulfonamides is 1. The summed E-state index contributed by atoms with van der Waals surface area (Å²) in [6.45, 7) is 7.28. The molecular formula is C15H26N2O2S2. The van der Waals surface area contributed by atoms with Crippen molar-refractivity contribution in [1.29, 1.82) is 0 Å². The quantitative estimate of drug-likeness (QED) is 0.671. The fourth-order valence-corrected chi connectivity index (χ4v) is 5.41. The van der Waals surface area contributed by atoms with E-state index in [1.54, 1.807) is 10.4 Å². The molecule has 1 saturated carbocycles. The van der Waals surface area contributed by atoms with E-state index in [0.29, 0.717) is 23.2 Å². The van der Waals surface area contributed by atoms with Gasteiger partial charge in [0.2, 0.25) is 0 Å². The van der Waals surface area contributed by atoms with E-state index < -0.39 is 10.0 Å². The Morgan fingerprint density at radius 2 is 2.10 bits per heavy atom. The van der Waals surface area contributed by atoms with E-state index in [9.17, 15) is 8.42 Å². The van der Waals surface area contributed by atoms with Crippen LogP contribution in [0.2, 0.25) is 0 Å². The van der Waals surface area contributed by atoms with Crippen molar-refractivity contribution in [2.75, 3.05) is 26.2 Å². The van der Waals surface area contributed by atoms with E-state index in [4.69, 9.17) is 0 Å². The summed E-state index contributed by atoms with van der Waals surface area (Å²) in [5.41, 5.74) is 0. The minimum atomic E-state index is -3.30. The first-order valence-corrected chi connectivity index (χ1v) is 10.1. The molecule has 120 valence electrons. The molecule has 0 bridgehead atoms. The Kier molecular flexibility index (Phi) is 6.22. The van der Waals surface area contributed by atoms with Gasteiger partial charge in [-0.15, -0.1) is 11.3 Å². The first-order valence-electron chi connectivity index (χ1n) is 7.87. The summed E-state index contributed by atoms with van der Waals surface area (Å²) in [6.07, 6.45) is 4.11. The van der Waals surface area contributed by atoms with Crippen molar-refractivity contribution >= 4 is 21.4 Å². The second-order valence-electron chi connectivity index (χ2n) is 5.63. The highest BCUT2D eigenvalue weighted by Crippen LogP contribution is 2.33. The Hall–Kier alpha value is -0.430. The first kappa shape index (κ1) is 16.9. The van der Waals surface area contributed by atoms with Gasteiger partial charge in [-0.25, -0.2) is 8.42 Å². The van der Waals surface area contributed by atoms with E-state index in [0.717, 1.165) is 30.8 Å². The number of thiophene rings is 1. The topological polar surface area (TPSA) is 49.4 Å². The fraction of sp³-hybridized carbons (Fsp3) is 0.733. The van der Waals surface area contributed by atoms with Gasteiger partial charge in [0.25, 0.3) is 10.0 Å². The summed E-state index contributed by atoms with van der Waals surface area (Å²) in [5, 5.41) is 3.27. The van der Waals surface area contributed by atoms with Crippen LogP contribution in [0.5, 0.6) is 0 Å². The molecule has 1 N–H and O–H groups in total. The maximum absolute atomic E-state index is 12.7. The molecule has 0 atom stereocenters. The lowest BCUT2D eigenvalue weighted by molar-refractivity contribution is 0.397. The standard InChI is InChI=1S/C15H26N2O2S2/c1-3-11-17(12-13-5-6-13)21(18,19)15-8-7-14(20-15)9-10-16-4-2/h7-8,13,16H,3-6,9-12H2,1-2H3. The van der Waals surface area contributed by atoms with Gasteiger partial charge < -0.3 is 5.32 Å². The highest BCUT2D eigenvalue weighted by molar-refractivity contribution is 7.91. The molecule has 6 heteroatoms. The van der Waals surface area contributed by atoms with Gasteiger partial charge in [0.15, 0.2) is 0 Å². The maximum atomic E-state index is 12.7. The van der Waals surface area contributed by atoms with Crippen LogP contribution in [0.3, 0.4) is 0 Å². The van der Waals surface area contributed by atoms with Crippen molar-refractivity contribution < 1.29 is 8.42 Å². The average molecular weight is 331 g/mol. The van der Waals surface area contributed by atoms with E-state index in [2.05, 4.69) is 12.2 Å². The van der Waals surface area contributed by atoms with Gasteiger partial charge >= 0.3 is 0 Å². The molecule has 1 aromatic rings. The van der Waals surface area contributed by atoms with Crippen molar-refractivity contribution in [3.8, 4) is 0 Å². The number of hydrogen-bond acceptors (Lipinski definition) is 4. The van der Waals surface area contributed by atoms with Crippen LogP contribution < -0.4 is 5.32 Å². The zero-order valence-corrected chi connectivity index (χ0v) is 14.6. The summed E-state index contributed by atoms with van der Waals surface area (Å²) in [4.78, 5) is 1.14. The van der Waals surface area contributed by atoms with E-state index in [1.807, 2.05) is 13.0 Å². The smallest absolute Gasteiger partial charge is 0.252 e. The van der Waals surface area contributed by atoms with E-state index >= 15 is 0 Å². The molecule has 0 amide bonds. The van der Waals surface area contributed by atoms with Crippen LogP contribution in [0, 0.1) is 5.92 Å². The molecule has 1 fully saturated rings. The Morgan fingerprint density at radius 3 is 2.71 bits per heavy atom. The summed E-state index contributed by atoms with van der Waals surface area (Å²) < 4.78 is 27.7. The molecule has 0 spiro atoms. The molecule has 21 heavy (non-hydrogen) atoms. The largest absolute Gasteiger partial charge is 0.317 e. The lowest BCUT2D eigenvalue weighted by Crippen LogP contribution is -2.33. The number of nitrogens with one attached hydrogen (secondary N) is 1. The maximum Gasteiger partial charge on any atom is 0.252 e. The van der Waals surface area contributed by atoms with Gasteiger partial charge in [0.05, 0.1) is 0 Å². The summed E-state index contributed by atoms with van der Waals surface area (Å²) in [5.74, 6) is 0.583. The minimum absolute atomic E-state index is 0.503. The van der Waals surface area contributed by atoms with Gasteiger partial charge in [-0.3, -0.25) is 0 Å². The fourth-order valence-electron chi connectivity index (χ4n) is 2.29. The summed E-state index contributed by atoms with van der Waals surface area (Å²) >= 11 is 1.42. The predicted molar refractivity (Wildman–Crippen MR) is 88.3 cm³/mol. The molecule has 1 aromatic heterocycles. The minimum Gasteiger partial charge on any atom is -0.317 e. The monoisotopic (exact) mass is 330 g/mol. The van der Waals surface area contributed by atoms with E-state index in [-0.39, 0.29) is 0 Å². The third-order valence-electron chi connectivity index (χ3n) is 3.66. The van der Waals surface area contributed by atoms with Crippen LogP contribution in [0.1, 0.15) is 38.0 Å². The van der Waals surface area contributed by atoms with Crippen molar-refractivity contribution in [3.05, 3.63) is 17.0 Å². The van der Waals surface area contributed by atoms with Gasteiger partial charge in [0, 0.05) is 18.0 Å². The average Bonchev–Trinajstić information content (AvgIpc) is 3.14. The summed E-state index contributed by atoms with van der Waals surface area (Å²) in [6, 6.07) is 3.73. The van der Waals surface area contributed by atoms with Gasteiger partial charge in [-0.05, 0) is 56.8 Å². The second-order valence-corrected chi connectivity index (χ2v) is 8.96. The molecule has 2 rings (SSSR count). The van der Waals surface area contributed by atoms with E-state index in [1.165, 1.54) is 24.2 Å². The van der Waals surface area contributed by atoms with Gasteiger partial charge in [-0.2, -0.15) is 4.31 Å². The molecular weight excluding hydrogens is 304 g/mol. The molecule has 0 aliphatic heterocycles. The third-order valence-corrected chi connectivity index (χ3v) is 7.14. The van der Waals surface area contributed by atoms with Crippen LogP contribution >= 0.6 is 11.3 Å². The van der Waals surface area contributed by atoms with Crippen LogP contribution in [0.25, 0.3) is 0 Å². The van der Waals surface area contributed by atoms with Crippen LogP contribution in [-0.4, -0.2) is 38.9 Å². The zero-order chi connectivity index (χ0) is 15.3. The third kappa shape index (κ3) is 4.77. The highest BCUT2D eigenvalue weighted by Gasteiger charge is 2.31. The SMILES string of the molecule is CCCN(CC1CC1)S(=O)(=O)c1ccc(CCNCC)s1. The van der Waals surface area contributed by atoms with Gasteiger partial charge in [-0.1, -0.05) is 13.8 Å². The normalized spacial score (nSPS) is 15.8. The van der Waals surface area contributed by atoms with Crippen molar-refractivity contribution in [2.45, 2.75) is 43.7 Å². The lowest BCUT2D eigenvalue weighted by atomic mass is 10.3. The molecule has 1 heterocycles. The predicted octanol–water partition coefficient (Wildman–Crippen LogP) is 2.71. The van der Waals surface area contributed by atoms with Crippen LogP contribution in [0.4, 0.5) is 0 Å². The Morgan fingerprint density at radius 1 is 1.33 bits per heavy atom. The van der Waals surface area contributed by atoms with Crippen molar-refractivity contribution in [3.63, 3.8) is 0 Å². The van der Waals surface area contributed by atoms with Crippen LogP contribution in [0.15, 0.2) is 16.3 Å². The van der Waals surface area contributed by atoms with Crippen LogP contribution in [-0.2, 0) is 16.4 Å². The number of likely N-dealkylation sites (N-methyl/N-ethyl adjacent to an activating group) is 1. The Labute approximate surface area is 132 Å². The lowest BCUT2D eigenvalue weighted by Gasteiger charge is -2.20. The second kappa shape index (κ2) is 7.72. The number of rotatable bonds is 10. The molecule has 1 aliphatic carbocycles. The van der Waals surface area contributed by atoms with Crippen molar-refractivity contribution in [2.24, 2.45) is 5.92 Å². The molecule has 0 radical (unpaired) electrons. The number of hydrogen-bond donors (Lipinski definition) is 1. The summed E-state index contributed by atoms with van der Waals surface area (Å²) in [7, 11) is -3.30. The molecule has 0 saturated heterocycles. The highest BCUT2D eigenvalue weighted by atomic mass is 32.2. The van der Waals surface area contributed by atoms with Crippen molar-refractivity contribution in [1.82, 2.24) is 9.62 Å². The zero-order valence-electron chi connectivity index (χ0n) is 13.0.